The highest BCUT2D eigenvalue weighted by molar-refractivity contribution is 7.99. The first kappa shape index (κ1) is 15.3. The first-order valence-electron chi connectivity index (χ1n) is 8.08. The van der Waals surface area contributed by atoms with Crippen molar-refractivity contribution in [3.05, 3.63) is 5.82 Å². The maximum Gasteiger partial charge on any atom is 0.191 e. The lowest BCUT2D eigenvalue weighted by Crippen LogP contribution is -2.39. The van der Waals surface area contributed by atoms with Gasteiger partial charge in [-0.05, 0) is 45.4 Å². The maximum absolute atomic E-state index is 9.14. The fraction of sp³-hybridized carbons (Fsp3) is 0.867. The quantitative estimate of drug-likeness (QED) is 0.541. The number of aliphatic hydroxyl groups excluding tert-OH is 1. The van der Waals surface area contributed by atoms with Gasteiger partial charge in [-0.1, -0.05) is 18.2 Å². The molecule has 0 spiro atoms. The van der Waals surface area contributed by atoms with Crippen LogP contribution in [0.3, 0.4) is 0 Å². The van der Waals surface area contributed by atoms with Gasteiger partial charge in [0.2, 0.25) is 0 Å². The van der Waals surface area contributed by atoms with Crippen molar-refractivity contribution in [2.75, 3.05) is 12.4 Å². The van der Waals surface area contributed by atoms with Gasteiger partial charge in [-0.2, -0.15) is 0 Å². The maximum atomic E-state index is 9.14. The SMILES string of the molecule is CC(N)(CO)CCCCSc1nnc(C2CC2)n1C1CC1. The van der Waals surface area contributed by atoms with Crippen LogP contribution in [0.1, 0.15) is 69.7 Å². The number of aliphatic hydroxyl groups is 1. The van der Waals surface area contributed by atoms with E-state index in [0.29, 0.717) is 12.0 Å². The molecule has 118 valence electrons. The monoisotopic (exact) mass is 310 g/mol. The lowest BCUT2D eigenvalue weighted by atomic mass is 9.98. The molecule has 21 heavy (non-hydrogen) atoms. The van der Waals surface area contributed by atoms with Crippen molar-refractivity contribution < 1.29 is 5.11 Å². The minimum absolute atomic E-state index is 0.0564. The zero-order valence-electron chi connectivity index (χ0n) is 12.8. The number of hydrogen-bond acceptors (Lipinski definition) is 5. The van der Waals surface area contributed by atoms with Gasteiger partial charge in [0.05, 0.1) is 6.61 Å². The molecule has 0 saturated heterocycles. The lowest BCUT2D eigenvalue weighted by molar-refractivity contribution is 0.198. The molecule has 0 aliphatic heterocycles. The molecule has 0 bridgehead atoms. The molecule has 1 heterocycles. The Hall–Kier alpha value is -0.590. The molecule has 2 saturated carbocycles. The Morgan fingerprint density at radius 2 is 2.05 bits per heavy atom. The van der Waals surface area contributed by atoms with Crippen LogP contribution in [0, 0.1) is 0 Å². The Kier molecular flexibility index (Phi) is 4.57. The molecule has 1 unspecified atom stereocenters. The summed E-state index contributed by atoms with van der Waals surface area (Å²) in [6.45, 7) is 1.96. The second-order valence-corrected chi connectivity index (χ2v) is 7.90. The third-order valence-electron chi connectivity index (χ3n) is 4.28. The number of nitrogens with zero attached hydrogens (tertiary/aromatic N) is 3. The van der Waals surface area contributed by atoms with Gasteiger partial charge >= 0.3 is 0 Å². The largest absolute Gasteiger partial charge is 0.394 e. The topological polar surface area (TPSA) is 77.0 Å². The Morgan fingerprint density at radius 3 is 2.67 bits per heavy atom. The molecular formula is C15H26N4OS. The van der Waals surface area contributed by atoms with E-state index in [1.54, 1.807) is 0 Å². The van der Waals surface area contributed by atoms with Crippen molar-refractivity contribution in [3.63, 3.8) is 0 Å². The van der Waals surface area contributed by atoms with Crippen LogP contribution in [0.5, 0.6) is 0 Å². The van der Waals surface area contributed by atoms with Gasteiger partial charge in [-0.15, -0.1) is 10.2 Å². The molecule has 2 fully saturated rings. The number of unbranched alkanes of at least 4 members (excludes halogenated alkanes) is 1. The van der Waals surface area contributed by atoms with Crippen LogP contribution in [0.4, 0.5) is 0 Å². The van der Waals surface area contributed by atoms with E-state index >= 15 is 0 Å². The molecule has 2 aliphatic rings. The molecule has 2 aliphatic carbocycles. The summed E-state index contributed by atoms with van der Waals surface area (Å²) in [4.78, 5) is 0. The van der Waals surface area contributed by atoms with Crippen molar-refractivity contribution in [1.82, 2.24) is 14.8 Å². The van der Waals surface area contributed by atoms with Crippen molar-refractivity contribution in [2.45, 2.75) is 74.5 Å². The highest BCUT2D eigenvalue weighted by Gasteiger charge is 2.36. The van der Waals surface area contributed by atoms with E-state index in [4.69, 9.17) is 10.8 Å². The van der Waals surface area contributed by atoms with Gasteiger partial charge in [0, 0.05) is 23.3 Å². The summed E-state index contributed by atoms with van der Waals surface area (Å²) in [5.41, 5.74) is 5.51. The van der Waals surface area contributed by atoms with Gasteiger partial charge in [-0.25, -0.2) is 0 Å². The minimum Gasteiger partial charge on any atom is -0.394 e. The van der Waals surface area contributed by atoms with E-state index in [9.17, 15) is 0 Å². The van der Waals surface area contributed by atoms with E-state index in [2.05, 4.69) is 14.8 Å². The Bertz CT molecular complexity index is 480. The Balaban J connectivity index is 1.47. The van der Waals surface area contributed by atoms with Crippen molar-refractivity contribution >= 4 is 11.8 Å². The standard InChI is InChI=1S/C15H26N4OS/c1-15(16,10-20)8-2-3-9-21-14-18-17-13(11-4-5-11)19(14)12-6-7-12/h11-12,20H,2-10,16H2,1H3. The predicted octanol–water partition coefficient (Wildman–Crippen LogP) is 2.46. The smallest absolute Gasteiger partial charge is 0.191 e. The fourth-order valence-corrected chi connectivity index (χ4v) is 3.57. The third-order valence-corrected chi connectivity index (χ3v) is 5.31. The first-order valence-corrected chi connectivity index (χ1v) is 9.06. The van der Waals surface area contributed by atoms with Crippen LogP contribution in [0.2, 0.25) is 0 Å². The first-order chi connectivity index (χ1) is 10.1. The third kappa shape index (κ3) is 3.99. The number of rotatable bonds is 9. The minimum atomic E-state index is -0.433. The second-order valence-electron chi connectivity index (χ2n) is 6.83. The average Bonchev–Trinajstić information content (AvgIpc) is 3.37. The molecule has 1 atom stereocenters. The lowest BCUT2D eigenvalue weighted by Gasteiger charge is -2.21. The molecule has 5 nitrogen and oxygen atoms in total. The summed E-state index contributed by atoms with van der Waals surface area (Å²) in [6, 6.07) is 0.667. The Morgan fingerprint density at radius 1 is 1.29 bits per heavy atom. The van der Waals surface area contributed by atoms with Crippen LogP contribution in [-0.4, -0.2) is 37.8 Å². The van der Waals surface area contributed by atoms with Crippen LogP contribution < -0.4 is 5.73 Å². The predicted molar refractivity (Wildman–Crippen MR) is 84.5 cm³/mol. The highest BCUT2D eigenvalue weighted by Crippen LogP contribution is 2.46. The zero-order valence-corrected chi connectivity index (χ0v) is 13.6. The number of hydrogen-bond donors (Lipinski definition) is 2. The molecular weight excluding hydrogens is 284 g/mol. The van der Waals surface area contributed by atoms with Gasteiger partial charge in [0.25, 0.3) is 0 Å². The summed E-state index contributed by atoms with van der Waals surface area (Å²) < 4.78 is 2.41. The normalized spacial score (nSPS) is 21.5. The van der Waals surface area contributed by atoms with E-state index in [0.717, 1.165) is 30.2 Å². The number of thioether (sulfide) groups is 1. The molecule has 0 amide bonds. The van der Waals surface area contributed by atoms with Crippen LogP contribution >= 0.6 is 11.8 Å². The van der Waals surface area contributed by atoms with Gasteiger partial charge in [0.15, 0.2) is 5.16 Å². The van der Waals surface area contributed by atoms with Crippen LogP contribution in [0.25, 0.3) is 0 Å². The van der Waals surface area contributed by atoms with E-state index < -0.39 is 5.54 Å². The van der Waals surface area contributed by atoms with E-state index in [-0.39, 0.29) is 6.61 Å². The molecule has 0 aromatic carbocycles. The summed E-state index contributed by atoms with van der Waals surface area (Å²) >= 11 is 1.83. The number of nitrogens with two attached hydrogens (primary N) is 1. The van der Waals surface area contributed by atoms with Crippen LogP contribution in [-0.2, 0) is 0 Å². The summed E-state index contributed by atoms with van der Waals surface area (Å²) in [5.74, 6) is 2.96. The second kappa shape index (κ2) is 6.26. The fourth-order valence-electron chi connectivity index (χ4n) is 2.56. The number of aromatic nitrogens is 3. The molecule has 6 heteroatoms. The van der Waals surface area contributed by atoms with Crippen LogP contribution in [0.15, 0.2) is 5.16 Å². The van der Waals surface area contributed by atoms with Gasteiger partial charge in [0.1, 0.15) is 5.82 Å². The van der Waals surface area contributed by atoms with Gasteiger partial charge < -0.3 is 15.4 Å². The van der Waals surface area contributed by atoms with Gasteiger partial charge in [-0.3, -0.25) is 0 Å². The molecule has 1 aromatic rings. The van der Waals surface area contributed by atoms with E-state index in [1.165, 1.54) is 31.5 Å². The average molecular weight is 310 g/mol. The summed E-state index contributed by atoms with van der Waals surface area (Å²) in [7, 11) is 0. The van der Waals surface area contributed by atoms with Crippen molar-refractivity contribution in [3.8, 4) is 0 Å². The molecule has 1 aromatic heterocycles. The highest BCUT2D eigenvalue weighted by atomic mass is 32.2. The van der Waals surface area contributed by atoms with Crippen molar-refractivity contribution in [2.24, 2.45) is 5.73 Å². The Labute approximate surface area is 130 Å². The molecule has 3 rings (SSSR count). The summed E-state index contributed by atoms with van der Waals surface area (Å²) in [6.07, 6.45) is 8.16. The molecule has 0 radical (unpaired) electrons. The zero-order chi connectivity index (χ0) is 14.9. The van der Waals surface area contributed by atoms with E-state index in [1.807, 2.05) is 18.7 Å². The van der Waals surface area contributed by atoms with Crippen molar-refractivity contribution in [1.29, 1.82) is 0 Å². The molecule has 3 N–H and O–H groups in total. The summed E-state index contributed by atoms with van der Waals surface area (Å²) in [5, 5.41) is 19.1.